The molecule has 3 rings (SSSR count). The number of fused-ring (bicyclic) bond motifs is 1. The number of benzene rings is 3. The summed E-state index contributed by atoms with van der Waals surface area (Å²) in [6.45, 7) is 0. The Labute approximate surface area is 159 Å². The molecular formula is C16H13ClN2O6S2. The van der Waals surface area contributed by atoms with Crippen LogP contribution in [-0.2, 0) is 20.0 Å². The van der Waals surface area contributed by atoms with Crippen molar-refractivity contribution in [2.75, 3.05) is 0 Å². The van der Waals surface area contributed by atoms with Gasteiger partial charge < -0.3 is 10.2 Å². The second kappa shape index (κ2) is 6.36. The quantitative estimate of drug-likeness (QED) is 0.497. The molecule has 3 aromatic rings. The summed E-state index contributed by atoms with van der Waals surface area (Å²) in [6, 6.07) is 8.81. The highest BCUT2D eigenvalue weighted by Crippen LogP contribution is 2.44. The first-order valence-corrected chi connectivity index (χ1v) is 10.7. The van der Waals surface area contributed by atoms with Gasteiger partial charge in [0.1, 0.15) is 11.5 Å². The second-order valence-electron chi connectivity index (χ2n) is 5.71. The molecule has 142 valence electrons. The van der Waals surface area contributed by atoms with E-state index in [1.807, 2.05) is 0 Å². The number of sulfonamides is 2. The lowest BCUT2D eigenvalue weighted by Crippen LogP contribution is -2.19. The summed E-state index contributed by atoms with van der Waals surface area (Å²) < 4.78 is 49.1. The third-order valence-corrected chi connectivity index (χ3v) is 6.12. The molecule has 11 heteroatoms. The van der Waals surface area contributed by atoms with E-state index in [1.54, 1.807) is 0 Å². The van der Waals surface area contributed by atoms with Gasteiger partial charge in [0, 0.05) is 16.5 Å². The number of aromatic hydroxyl groups is 2. The predicted octanol–water partition coefficient (Wildman–Crippen LogP) is 1.87. The molecule has 0 aliphatic heterocycles. The first-order chi connectivity index (χ1) is 12.4. The molecule has 8 nitrogen and oxygen atoms in total. The Balaban J connectivity index is 2.71. The monoisotopic (exact) mass is 428 g/mol. The van der Waals surface area contributed by atoms with Gasteiger partial charge in [0.2, 0.25) is 20.0 Å². The van der Waals surface area contributed by atoms with Gasteiger partial charge in [-0.3, -0.25) is 0 Å². The van der Waals surface area contributed by atoms with Gasteiger partial charge in [0.05, 0.1) is 14.8 Å². The zero-order valence-electron chi connectivity index (χ0n) is 13.4. The average molecular weight is 429 g/mol. The van der Waals surface area contributed by atoms with E-state index in [-0.39, 0.29) is 27.1 Å². The van der Waals surface area contributed by atoms with E-state index in [2.05, 4.69) is 0 Å². The molecule has 0 aliphatic rings. The summed E-state index contributed by atoms with van der Waals surface area (Å²) in [5, 5.41) is 30.7. The summed E-state index contributed by atoms with van der Waals surface area (Å²) >= 11 is 5.89. The summed E-state index contributed by atoms with van der Waals surface area (Å²) in [5.41, 5.74) is -0.626. The number of nitrogens with two attached hydrogens (primary N) is 2. The molecule has 0 aromatic heterocycles. The number of hydrogen-bond donors (Lipinski definition) is 4. The van der Waals surface area contributed by atoms with Crippen LogP contribution < -0.4 is 10.3 Å². The van der Waals surface area contributed by atoms with Gasteiger partial charge in [-0.05, 0) is 29.7 Å². The minimum Gasteiger partial charge on any atom is -0.508 e. The normalized spacial score (nSPS) is 12.4. The van der Waals surface area contributed by atoms with Gasteiger partial charge in [0.15, 0.2) is 0 Å². The van der Waals surface area contributed by atoms with Crippen molar-refractivity contribution in [3.8, 4) is 22.6 Å². The van der Waals surface area contributed by atoms with Crippen LogP contribution in [-0.4, -0.2) is 27.0 Å². The van der Waals surface area contributed by atoms with Gasteiger partial charge in [-0.15, -0.1) is 0 Å². The third-order valence-electron chi connectivity index (χ3n) is 3.89. The third kappa shape index (κ3) is 3.45. The van der Waals surface area contributed by atoms with Crippen LogP contribution in [0.5, 0.6) is 11.5 Å². The highest BCUT2D eigenvalue weighted by atomic mass is 35.5. The van der Waals surface area contributed by atoms with Crippen molar-refractivity contribution in [1.82, 2.24) is 0 Å². The maximum Gasteiger partial charge on any atom is 0.239 e. The lowest BCUT2D eigenvalue weighted by molar-refractivity contribution is 0.476. The SMILES string of the molecule is NS(=O)(=O)c1cc2ccc(O)cc2c(S(N)(=O)=O)c1-c1cccc(Cl)c1O. The molecular weight excluding hydrogens is 416 g/mol. The Morgan fingerprint density at radius 3 is 2.15 bits per heavy atom. The van der Waals surface area contributed by atoms with Crippen LogP contribution in [0.15, 0.2) is 52.3 Å². The molecule has 0 bridgehead atoms. The number of para-hydroxylation sites is 1. The molecule has 27 heavy (non-hydrogen) atoms. The Kier molecular flexibility index (Phi) is 4.57. The number of phenolic OH excluding ortho intramolecular Hbond substituents is 2. The lowest BCUT2D eigenvalue weighted by Gasteiger charge is -2.17. The van der Waals surface area contributed by atoms with Crippen molar-refractivity contribution in [3.63, 3.8) is 0 Å². The summed E-state index contributed by atoms with van der Waals surface area (Å²) in [5.74, 6) is -0.814. The standard InChI is InChI=1S/C16H13ClN2O6S2/c17-12-3-1-2-10(15(12)21)14-13(26(18,22)23)6-8-4-5-9(20)7-11(8)16(14)27(19,24)25/h1-7,20-21H,(H2,18,22,23)(H2,19,24,25). The van der Waals surface area contributed by atoms with Crippen molar-refractivity contribution < 1.29 is 27.0 Å². The Hall–Kier alpha value is -2.37. The van der Waals surface area contributed by atoms with E-state index in [1.165, 1.54) is 30.3 Å². The van der Waals surface area contributed by atoms with Gasteiger partial charge in [-0.25, -0.2) is 27.1 Å². The van der Waals surface area contributed by atoms with Gasteiger partial charge in [0.25, 0.3) is 0 Å². The maximum absolute atomic E-state index is 12.4. The smallest absolute Gasteiger partial charge is 0.239 e. The van der Waals surface area contributed by atoms with E-state index in [0.717, 1.165) is 12.1 Å². The minimum atomic E-state index is -4.52. The lowest BCUT2D eigenvalue weighted by atomic mass is 9.99. The predicted molar refractivity (Wildman–Crippen MR) is 100 cm³/mol. The Morgan fingerprint density at radius 2 is 1.56 bits per heavy atom. The second-order valence-corrected chi connectivity index (χ2v) is 9.15. The fraction of sp³-hybridized carbons (Fsp3) is 0. The number of primary sulfonamides is 2. The van der Waals surface area contributed by atoms with Crippen molar-refractivity contribution in [2.24, 2.45) is 10.3 Å². The molecule has 0 fully saturated rings. The zero-order valence-corrected chi connectivity index (χ0v) is 15.8. The van der Waals surface area contributed by atoms with Crippen LogP contribution >= 0.6 is 11.6 Å². The van der Waals surface area contributed by atoms with Crippen molar-refractivity contribution in [1.29, 1.82) is 0 Å². The fourth-order valence-electron chi connectivity index (χ4n) is 2.82. The van der Waals surface area contributed by atoms with Crippen molar-refractivity contribution in [2.45, 2.75) is 9.79 Å². The highest BCUT2D eigenvalue weighted by molar-refractivity contribution is 7.90. The number of phenols is 2. The van der Waals surface area contributed by atoms with Crippen LogP contribution in [0.25, 0.3) is 21.9 Å². The molecule has 0 saturated carbocycles. The minimum absolute atomic E-state index is 0.0423. The first kappa shape index (κ1) is 19.4. The fourth-order valence-corrected chi connectivity index (χ4v) is 4.83. The largest absolute Gasteiger partial charge is 0.508 e. The van der Waals surface area contributed by atoms with Gasteiger partial charge >= 0.3 is 0 Å². The van der Waals surface area contributed by atoms with E-state index in [0.29, 0.717) is 0 Å². The Morgan fingerprint density at radius 1 is 0.889 bits per heavy atom. The number of hydrogen-bond acceptors (Lipinski definition) is 6. The van der Waals surface area contributed by atoms with Gasteiger partial charge in [-0.2, -0.15) is 0 Å². The molecule has 6 N–H and O–H groups in total. The number of halogens is 1. The first-order valence-electron chi connectivity index (χ1n) is 7.24. The summed E-state index contributed by atoms with van der Waals surface area (Å²) in [6.07, 6.45) is 0. The topological polar surface area (TPSA) is 161 Å². The zero-order chi connectivity index (χ0) is 20.1. The van der Waals surface area contributed by atoms with Crippen LogP contribution in [0.1, 0.15) is 0 Å². The highest BCUT2D eigenvalue weighted by Gasteiger charge is 2.29. The number of rotatable bonds is 3. The molecule has 0 radical (unpaired) electrons. The molecule has 0 unspecified atom stereocenters. The van der Waals surface area contributed by atoms with Crippen LogP contribution in [0.4, 0.5) is 0 Å². The van der Waals surface area contributed by atoms with E-state index in [4.69, 9.17) is 21.9 Å². The van der Waals surface area contributed by atoms with Crippen LogP contribution in [0.3, 0.4) is 0 Å². The maximum atomic E-state index is 12.4. The van der Waals surface area contributed by atoms with E-state index in [9.17, 15) is 27.0 Å². The van der Waals surface area contributed by atoms with Crippen molar-refractivity contribution in [3.05, 3.63) is 47.5 Å². The van der Waals surface area contributed by atoms with Crippen LogP contribution in [0.2, 0.25) is 5.02 Å². The summed E-state index contributed by atoms with van der Waals surface area (Å²) in [4.78, 5) is -1.18. The Bertz CT molecular complexity index is 1300. The van der Waals surface area contributed by atoms with Gasteiger partial charge in [-0.1, -0.05) is 29.8 Å². The molecule has 0 heterocycles. The summed E-state index contributed by atoms with van der Waals surface area (Å²) in [7, 11) is -8.95. The molecule has 0 saturated heterocycles. The molecule has 3 aromatic carbocycles. The van der Waals surface area contributed by atoms with Crippen LogP contribution in [0, 0.1) is 0 Å². The molecule has 0 atom stereocenters. The van der Waals surface area contributed by atoms with Crippen molar-refractivity contribution >= 4 is 42.4 Å². The molecule has 0 amide bonds. The van der Waals surface area contributed by atoms with E-state index < -0.39 is 41.2 Å². The average Bonchev–Trinajstić information content (AvgIpc) is 2.53. The van der Waals surface area contributed by atoms with E-state index >= 15 is 0 Å². The molecule has 0 aliphatic carbocycles. The molecule has 0 spiro atoms.